The van der Waals surface area contributed by atoms with E-state index in [1.807, 2.05) is 12.1 Å². The van der Waals surface area contributed by atoms with Gasteiger partial charge in [-0.3, -0.25) is 0 Å². The molecule has 0 aromatic heterocycles. The lowest BCUT2D eigenvalue weighted by atomic mass is 9.73. The van der Waals surface area contributed by atoms with Crippen LogP contribution in [0, 0.1) is 5.92 Å². The van der Waals surface area contributed by atoms with E-state index in [9.17, 15) is 0 Å². The number of allylic oxidation sites excluding steroid dienone is 3. The highest BCUT2D eigenvalue weighted by Gasteiger charge is 2.26. The summed E-state index contributed by atoms with van der Waals surface area (Å²) in [5, 5.41) is 0. The van der Waals surface area contributed by atoms with Gasteiger partial charge >= 0.3 is 0 Å². The van der Waals surface area contributed by atoms with Crippen molar-refractivity contribution in [3.05, 3.63) is 54.1 Å². The number of nitrogens with two attached hydrogens (primary N) is 1. The van der Waals surface area contributed by atoms with Crippen molar-refractivity contribution in [1.82, 2.24) is 0 Å². The summed E-state index contributed by atoms with van der Waals surface area (Å²) >= 11 is 0. The van der Waals surface area contributed by atoms with Crippen LogP contribution in [0.5, 0.6) is 0 Å². The van der Waals surface area contributed by atoms with Gasteiger partial charge in [0.25, 0.3) is 0 Å². The number of benzene rings is 1. The van der Waals surface area contributed by atoms with Crippen molar-refractivity contribution in [2.45, 2.75) is 39.5 Å². The SMILES string of the molecule is C=C(C(C)C/C=C\C)C(C)(C)c1ccc(N)cc1. The van der Waals surface area contributed by atoms with E-state index in [1.54, 1.807) is 0 Å². The zero-order valence-electron chi connectivity index (χ0n) is 12.0. The molecule has 2 N–H and O–H groups in total. The van der Waals surface area contributed by atoms with E-state index in [-0.39, 0.29) is 5.41 Å². The van der Waals surface area contributed by atoms with Gasteiger partial charge in [-0.1, -0.05) is 57.2 Å². The van der Waals surface area contributed by atoms with Gasteiger partial charge in [-0.05, 0) is 37.0 Å². The van der Waals surface area contributed by atoms with E-state index in [0.29, 0.717) is 5.92 Å². The molecule has 1 nitrogen and oxygen atoms in total. The molecule has 0 aliphatic heterocycles. The maximum atomic E-state index is 5.74. The number of anilines is 1. The van der Waals surface area contributed by atoms with E-state index in [0.717, 1.165) is 12.1 Å². The first-order valence-electron chi connectivity index (χ1n) is 6.56. The fourth-order valence-electron chi connectivity index (χ4n) is 2.18. The molecule has 0 saturated carbocycles. The average molecular weight is 243 g/mol. The molecule has 0 heterocycles. The van der Waals surface area contributed by atoms with E-state index < -0.39 is 0 Å². The van der Waals surface area contributed by atoms with Gasteiger partial charge in [-0.15, -0.1) is 0 Å². The van der Waals surface area contributed by atoms with Gasteiger partial charge in [0.15, 0.2) is 0 Å². The molecule has 1 aromatic rings. The van der Waals surface area contributed by atoms with Crippen molar-refractivity contribution in [1.29, 1.82) is 0 Å². The Morgan fingerprint density at radius 3 is 2.39 bits per heavy atom. The van der Waals surface area contributed by atoms with Crippen molar-refractivity contribution < 1.29 is 0 Å². The predicted octanol–water partition coefficient (Wildman–Crippen LogP) is 4.70. The van der Waals surface area contributed by atoms with Crippen LogP contribution in [0.1, 0.15) is 39.7 Å². The predicted molar refractivity (Wildman–Crippen MR) is 81.6 cm³/mol. The van der Waals surface area contributed by atoms with E-state index >= 15 is 0 Å². The molecule has 1 rings (SSSR count). The van der Waals surface area contributed by atoms with Crippen LogP contribution in [0.25, 0.3) is 0 Å². The largest absolute Gasteiger partial charge is 0.399 e. The standard InChI is InChI=1S/C17H25N/c1-6-7-8-13(2)14(3)17(4,5)15-9-11-16(18)12-10-15/h6-7,9-13H,3,8,18H2,1-2,4-5H3/b7-6-. The number of hydrogen-bond donors (Lipinski definition) is 1. The lowest BCUT2D eigenvalue weighted by molar-refractivity contribution is 0.522. The van der Waals surface area contributed by atoms with Gasteiger partial charge in [0.2, 0.25) is 0 Å². The second-order valence-electron chi connectivity index (χ2n) is 5.48. The minimum Gasteiger partial charge on any atom is -0.399 e. The molecular formula is C17H25N. The van der Waals surface area contributed by atoms with Crippen LogP contribution < -0.4 is 5.73 Å². The van der Waals surface area contributed by atoms with Crippen LogP contribution in [0.4, 0.5) is 5.69 Å². The minimum atomic E-state index is -0.0191. The van der Waals surface area contributed by atoms with Crippen LogP contribution in [0.15, 0.2) is 48.6 Å². The summed E-state index contributed by atoms with van der Waals surface area (Å²) in [6.07, 6.45) is 5.35. The lowest BCUT2D eigenvalue weighted by Crippen LogP contribution is -2.23. The number of nitrogen functional groups attached to an aromatic ring is 1. The Bertz CT molecular complexity index is 423. The van der Waals surface area contributed by atoms with Crippen LogP contribution in [-0.2, 0) is 5.41 Å². The maximum Gasteiger partial charge on any atom is 0.0314 e. The maximum absolute atomic E-state index is 5.74. The molecule has 0 bridgehead atoms. The first kappa shape index (κ1) is 14.6. The van der Waals surface area contributed by atoms with Crippen LogP contribution in [0.2, 0.25) is 0 Å². The zero-order valence-corrected chi connectivity index (χ0v) is 12.0. The number of rotatable bonds is 5. The van der Waals surface area contributed by atoms with E-state index in [2.05, 4.69) is 58.6 Å². The molecule has 1 unspecified atom stereocenters. The average Bonchev–Trinajstić information content (AvgIpc) is 2.35. The smallest absolute Gasteiger partial charge is 0.0314 e. The second-order valence-corrected chi connectivity index (χ2v) is 5.48. The molecule has 0 radical (unpaired) electrons. The second kappa shape index (κ2) is 5.90. The summed E-state index contributed by atoms with van der Waals surface area (Å²) in [4.78, 5) is 0. The molecule has 0 aliphatic carbocycles. The summed E-state index contributed by atoms with van der Waals surface area (Å²) in [6, 6.07) is 8.12. The monoisotopic (exact) mass is 243 g/mol. The fraction of sp³-hybridized carbons (Fsp3) is 0.412. The van der Waals surface area contributed by atoms with E-state index in [1.165, 1.54) is 11.1 Å². The Balaban J connectivity index is 2.91. The van der Waals surface area contributed by atoms with Crippen molar-refractivity contribution in [2.75, 3.05) is 5.73 Å². The van der Waals surface area contributed by atoms with E-state index in [4.69, 9.17) is 5.73 Å². The molecule has 0 aliphatic rings. The molecule has 18 heavy (non-hydrogen) atoms. The van der Waals surface area contributed by atoms with Crippen LogP contribution in [-0.4, -0.2) is 0 Å². The molecule has 1 atom stereocenters. The highest BCUT2D eigenvalue weighted by Crippen LogP contribution is 2.36. The highest BCUT2D eigenvalue weighted by molar-refractivity contribution is 5.44. The Kier molecular flexibility index (Phi) is 4.77. The summed E-state index contributed by atoms with van der Waals surface area (Å²) in [7, 11) is 0. The summed E-state index contributed by atoms with van der Waals surface area (Å²) in [5.74, 6) is 0.480. The Morgan fingerprint density at radius 2 is 1.89 bits per heavy atom. The van der Waals surface area contributed by atoms with Crippen molar-refractivity contribution >= 4 is 5.69 Å². The van der Waals surface area contributed by atoms with Crippen molar-refractivity contribution in [3.63, 3.8) is 0 Å². The van der Waals surface area contributed by atoms with Crippen LogP contribution >= 0.6 is 0 Å². The topological polar surface area (TPSA) is 26.0 Å². The minimum absolute atomic E-state index is 0.0191. The lowest BCUT2D eigenvalue weighted by Gasteiger charge is -2.32. The van der Waals surface area contributed by atoms with Crippen LogP contribution in [0.3, 0.4) is 0 Å². The fourth-order valence-corrected chi connectivity index (χ4v) is 2.18. The van der Waals surface area contributed by atoms with Gasteiger partial charge < -0.3 is 5.73 Å². The van der Waals surface area contributed by atoms with Gasteiger partial charge in [-0.25, -0.2) is 0 Å². The Hall–Kier alpha value is -1.50. The normalized spacial score (nSPS) is 13.8. The Labute approximate surface area is 111 Å². The third-order valence-corrected chi connectivity index (χ3v) is 3.76. The van der Waals surface area contributed by atoms with Gasteiger partial charge in [0.05, 0.1) is 0 Å². The van der Waals surface area contributed by atoms with Gasteiger partial charge in [-0.2, -0.15) is 0 Å². The third-order valence-electron chi connectivity index (χ3n) is 3.76. The Morgan fingerprint density at radius 1 is 1.33 bits per heavy atom. The van der Waals surface area contributed by atoms with Crippen molar-refractivity contribution in [2.24, 2.45) is 5.92 Å². The molecule has 0 saturated heterocycles. The van der Waals surface area contributed by atoms with Crippen molar-refractivity contribution in [3.8, 4) is 0 Å². The van der Waals surface area contributed by atoms with Gasteiger partial charge in [0, 0.05) is 11.1 Å². The number of hydrogen-bond acceptors (Lipinski definition) is 1. The van der Waals surface area contributed by atoms with Gasteiger partial charge in [0.1, 0.15) is 0 Å². The molecule has 0 spiro atoms. The highest BCUT2D eigenvalue weighted by atomic mass is 14.5. The first-order valence-corrected chi connectivity index (χ1v) is 6.56. The molecule has 98 valence electrons. The zero-order chi connectivity index (χ0) is 13.8. The molecule has 0 fully saturated rings. The molecule has 1 heteroatoms. The molecule has 1 aromatic carbocycles. The third kappa shape index (κ3) is 3.25. The summed E-state index contributed by atoms with van der Waals surface area (Å²) in [6.45, 7) is 13.1. The first-order chi connectivity index (χ1) is 8.39. The summed E-state index contributed by atoms with van der Waals surface area (Å²) in [5.41, 5.74) is 9.07. The summed E-state index contributed by atoms with van der Waals surface area (Å²) < 4.78 is 0. The molecule has 0 amide bonds. The quantitative estimate of drug-likeness (QED) is 0.588. The molecular weight excluding hydrogens is 218 g/mol.